The Morgan fingerprint density at radius 1 is 0.875 bits per heavy atom. The smallest absolute Gasteiger partial charge is 0.422 e. The molecule has 0 saturated carbocycles. The van der Waals surface area contributed by atoms with Gasteiger partial charge in [-0.05, 0) is 18.2 Å². The zero-order valence-corrected chi connectivity index (χ0v) is 16.4. The van der Waals surface area contributed by atoms with E-state index in [0.717, 1.165) is 24.4 Å². The highest BCUT2D eigenvalue weighted by Gasteiger charge is 2.36. The van der Waals surface area contributed by atoms with Gasteiger partial charge in [0.1, 0.15) is 0 Å². The Kier molecular flexibility index (Phi) is 6.60. The van der Waals surface area contributed by atoms with Gasteiger partial charge < -0.3 is 14.5 Å². The van der Waals surface area contributed by atoms with Crippen LogP contribution in [0.2, 0.25) is 0 Å². The predicted molar refractivity (Wildman–Crippen MR) is 99.0 cm³/mol. The molecule has 1 saturated heterocycles. The average molecular weight is 461 g/mol. The molecule has 0 N–H and O–H groups in total. The maximum Gasteiger partial charge on any atom is 0.422 e. The summed E-state index contributed by atoms with van der Waals surface area (Å²) in [5, 5.41) is 0. The minimum absolute atomic E-state index is 0.0248. The number of rotatable bonds is 4. The molecule has 172 valence electrons. The normalized spacial score (nSPS) is 14.9. The molecule has 0 aliphatic carbocycles. The van der Waals surface area contributed by atoms with E-state index in [0.29, 0.717) is 0 Å². The van der Waals surface area contributed by atoms with Gasteiger partial charge in [-0.15, -0.1) is 0 Å². The van der Waals surface area contributed by atoms with E-state index in [9.17, 15) is 35.9 Å². The fourth-order valence-electron chi connectivity index (χ4n) is 3.13. The van der Waals surface area contributed by atoms with Crippen molar-refractivity contribution in [1.29, 1.82) is 0 Å². The number of carbonyl (C=O) groups is 2. The largest absolute Gasteiger partial charge is 0.468 e. The van der Waals surface area contributed by atoms with Crippen LogP contribution in [0.5, 0.6) is 5.88 Å². The molecule has 0 bridgehead atoms. The zero-order valence-electron chi connectivity index (χ0n) is 16.4. The van der Waals surface area contributed by atoms with Crippen molar-refractivity contribution < 1.29 is 40.7 Å². The van der Waals surface area contributed by atoms with Crippen LogP contribution in [0.1, 0.15) is 26.3 Å². The van der Waals surface area contributed by atoms with E-state index in [1.54, 1.807) is 0 Å². The number of carbonyl (C=O) groups excluding carboxylic acids is 2. The quantitative estimate of drug-likeness (QED) is 0.653. The van der Waals surface area contributed by atoms with Crippen LogP contribution in [0.25, 0.3) is 0 Å². The van der Waals surface area contributed by atoms with Crippen molar-refractivity contribution in [3.05, 3.63) is 59.3 Å². The number of benzene rings is 1. The first kappa shape index (κ1) is 23.4. The van der Waals surface area contributed by atoms with E-state index in [2.05, 4.69) is 9.72 Å². The standard InChI is InChI=1S/C20H17F6N3O3/c21-19(22,23)12-32-16-6-5-13(11-27-16)17(30)28-7-9-29(10-8-28)18(31)14-3-1-2-4-15(14)20(24,25)26/h1-6,11H,7-10,12H2. The number of halogens is 6. The van der Waals surface area contributed by atoms with Crippen LogP contribution in [-0.2, 0) is 6.18 Å². The predicted octanol–water partition coefficient (Wildman–Crippen LogP) is 3.64. The molecule has 3 rings (SSSR count). The highest BCUT2D eigenvalue weighted by molar-refractivity contribution is 5.97. The lowest BCUT2D eigenvalue weighted by Gasteiger charge is -2.35. The van der Waals surface area contributed by atoms with Crippen molar-refractivity contribution in [3.63, 3.8) is 0 Å². The van der Waals surface area contributed by atoms with Crippen molar-refractivity contribution in [1.82, 2.24) is 14.8 Å². The van der Waals surface area contributed by atoms with Gasteiger partial charge in [-0.3, -0.25) is 9.59 Å². The number of pyridine rings is 1. The Balaban J connectivity index is 1.60. The van der Waals surface area contributed by atoms with Gasteiger partial charge >= 0.3 is 12.4 Å². The highest BCUT2D eigenvalue weighted by atomic mass is 19.4. The number of hydrogen-bond acceptors (Lipinski definition) is 4. The Morgan fingerprint density at radius 2 is 1.47 bits per heavy atom. The first-order chi connectivity index (χ1) is 15.0. The van der Waals surface area contributed by atoms with Crippen LogP contribution >= 0.6 is 0 Å². The average Bonchev–Trinajstić information content (AvgIpc) is 2.76. The van der Waals surface area contributed by atoms with Crippen LogP contribution in [0.4, 0.5) is 26.3 Å². The molecule has 2 aromatic rings. The van der Waals surface area contributed by atoms with E-state index in [-0.39, 0.29) is 37.6 Å². The zero-order chi connectivity index (χ0) is 23.5. The first-order valence-electron chi connectivity index (χ1n) is 9.36. The number of hydrogen-bond donors (Lipinski definition) is 0. The highest BCUT2D eigenvalue weighted by Crippen LogP contribution is 2.32. The molecule has 0 unspecified atom stereocenters. The number of ether oxygens (including phenoxy) is 1. The SMILES string of the molecule is O=C(c1ccc(OCC(F)(F)F)nc1)N1CCN(C(=O)c2ccccc2C(F)(F)F)CC1. The Bertz CT molecular complexity index is 968. The maximum absolute atomic E-state index is 13.2. The summed E-state index contributed by atoms with van der Waals surface area (Å²) in [6, 6.07) is 6.88. The van der Waals surface area contributed by atoms with Gasteiger partial charge in [0.25, 0.3) is 11.8 Å². The number of nitrogens with zero attached hydrogens (tertiary/aromatic N) is 3. The van der Waals surface area contributed by atoms with Gasteiger partial charge in [0.05, 0.1) is 16.7 Å². The summed E-state index contributed by atoms with van der Waals surface area (Å²) in [5.74, 6) is -1.54. The third kappa shape index (κ3) is 5.68. The van der Waals surface area contributed by atoms with Gasteiger partial charge in [0, 0.05) is 38.4 Å². The molecule has 0 atom stereocenters. The molecule has 1 aliphatic heterocycles. The van der Waals surface area contributed by atoms with Gasteiger partial charge in [0.15, 0.2) is 6.61 Å². The second-order valence-electron chi connectivity index (χ2n) is 6.92. The first-order valence-corrected chi connectivity index (χ1v) is 9.36. The van der Waals surface area contributed by atoms with Crippen molar-refractivity contribution in [3.8, 4) is 5.88 Å². The fourth-order valence-corrected chi connectivity index (χ4v) is 3.13. The van der Waals surface area contributed by atoms with Crippen molar-refractivity contribution in [2.45, 2.75) is 12.4 Å². The number of alkyl halides is 6. The van der Waals surface area contributed by atoms with Crippen molar-refractivity contribution in [2.75, 3.05) is 32.8 Å². The minimum Gasteiger partial charge on any atom is -0.468 e. The van der Waals surface area contributed by atoms with Crippen molar-refractivity contribution in [2.24, 2.45) is 0 Å². The Labute approximate surface area is 178 Å². The van der Waals surface area contributed by atoms with Crippen LogP contribution in [0, 0.1) is 0 Å². The summed E-state index contributed by atoms with van der Waals surface area (Å²) >= 11 is 0. The van der Waals surface area contributed by atoms with Crippen LogP contribution < -0.4 is 4.74 Å². The molecular formula is C20H17F6N3O3. The third-order valence-electron chi connectivity index (χ3n) is 4.68. The molecule has 2 amide bonds. The lowest BCUT2D eigenvalue weighted by Crippen LogP contribution is -2.50. The molecule has 6 nitrogen and oxygen atoms in total. The van der Waals surface area contributed by atoms with E-state index in [1.807, 2.05) is 0 Å². The molecular weight excluding hydrogens is 444 g/mol. The lowest BCUT2D eigenvalue weighted by molar-refractivity contribution is -0.154. The van der Waals surface area contributed by atoms with E-state index >= 15 is 0 Å². The van der Waals surface area contributed by atoms with Crippen LogP contribution in [0.3, 0.4) is 0 Å². The topological polar surface area (TPSA) is 62.7 Å². The molecule has 32 heavy (non-hydrogen) atoms. The second-order valence-corrected chi connectivity index (χ2v) is 6.92. The summed E-state index contributed by atoms with van der Waals surface area (Å²) < 4.78 is 80.5. The number of aromatic nitrogens is 1. The molecule has 12 heteroatoms. The summed E-state index contributed by atoms with van der Waals surface area (Å²) in [4.78, 5) is 31.5. The number of piperazine rings is 1. The molecule has 0 radical (unpaired) electrons. The van der Waals surface area contributed by atoms with Crippen LogP contribution in [0.15, 0.2) is 42.6 Å². The van der Waals surface area contributed by atoms with Gasteiger partial charge in [0.2, 0.25) is 5.88 Å². The van der Waals surface area contributed by atoms with Gasteiger partial charge in [-0.2, -0.15) is 26.3 Å². The molecule has 1 aliphatic rings. The van der Waals surface area contributed by atoms with Crippen LogP contribution in [-0.4, -0.2) is 65.6 Å². The second kappa shape index (κ2) is 9.05. The Morgan fingerprint density at radius 3 is 2.00 bits per heavy atom. The van der Waals surface area contributed by atoms with Gasteiger partial charge in [-0.25, -0.2) is 4.98 Å². The molecule has 2 heterocycles. The number of amides is 2. The van der Waals surface area contributed by atoms with E-state index in [1.165, 1.54) is 28.0 Å². The van der Waals surface area contributed by atoms with Crippen molar-refractivity contribution >= 4 is 11.8 Å². The summed E-state index contributed by atoms with van der Waals surface area (Å²) in [6.45, 7) is -1.31. The molecule has 1 aromatic carbocycles. The molecule has 0 spiro atoms. The fraction of sp³-hybridized carbons (Fsp3) is 0.350. The molecule has 1 aromatic heterocycles. The lowest BCUT2D eigenvalue weighted by atomic mass is 10.1. The van der Waals surface area contributed by atoms with E-state index in [4.69, 9.17) is 0 Å². The summed E-state index contributed by atoms with van der Waals surface area (Å²) in [6.07, 6.45) is -8.12. The summed E-state index contributed by atoms with van der Waals surface area (Å²) in [7, 11) is 0. The third-order valence-corrected chi connectivity index (χ3v) is 4.68. The monoisotopic (exact) mass is 461 g/mol. The maximum atomic E-state index is 13.2. The molecule has 1 fully saturated rings. The summed E-state index contributed by atoms with van der Waals surface area (Å²) in [5.41, 5.74) is -1.38. The van der Waals surface area contributed by atoms with Gasteiger partial charge in [-0.1, -0.05) is 12.1 Å². The minimum atomic E-state index is -4.67. The van der Waals surface area contributed by atoms with E-state index < -0.39 is 41.9 Å². The Hall–Kier alpha value is -3.31.